The summed E-state index contributed by atoms with van der Waals surface area (Å²) in [5.74, 6) is 0. The molecule has 0 unspecified atom stereocenters. The van der Waals surface area contributed by atoms with E-state index in [1.807, 2.05) is 50.2 Å². The first kappa shape index (κ1) is 17.3. The highest BCUT2D eigenvalue weighted by Gasteiger charge is 1.98. The van der Waals surface area contributed by atoms with Crippen molar-refractivity contribution in [3.63, 3.8) is 0 Å². The number of nitriles is 1. The molecule has 0 radical (unpaired) electrons. The van der Waals surface area contributed by atoms with E-state index < -0.39 is 0 Å². The third-order valence-electron chi connectivity index (χ3n) is 3.13. The number of nitrogens with two attached hydrogens (primary N) is 1. The maximum absolute atomic E-state index is 8.87. The van der Waals surface area contributed by atoms with Gasteiger partial charge in [-0.2, -0.15) is 5.26 Å². The van der Waals surface area contributed by atoms with Gasteiger partial charge in [0.1, 0.15) is 0 Å². The largest absolute Gasteiger partial charge is 0.398 e. The summed E-state index contributed by atoms with van der Waals surface area (Å²) in [6.45, 7) is 9.59. The molecule has 2 rings (SSSR count). The van der Waals surface area contributed by atoms with E-state index in [1.165, 1.54) is 5.56 Å². The highest BCUT2D eigenvalue weighted by molar-refractivity contribution is 5.66. The second kappa shape index (κ2) is 8.49. The molecular weight excluding hydrogens is 268 g/mol. The molecule has 0 saturated carbocycles. The van der Waals surface area contributed by atoms with Crippen molar-refractivity contribution in [3.05, 3.63) is 82.9 Å². The molecule has 0 aliphatic heterocycles. The predicted octanol–water partition coefficient (Wildman–Crippen LogP) is 5.06. The molecular formula is C20H22N2. The summed E-state index contributed by atoms with van der Waals surface area (Å²) < 4.78 is 0. The van der Waals surface area contributed by atoms with Crippen LogP contribution in [0.1, 0.15) is 23.6 Å². The third-order valence-corrected chi connectivity index (χ3v) is 3.13. The van der Waals surface area contributed by atoms with Gasteiger partial charge in [0, 0.05) is 5.69 Å². The fourth-order valence-electron chi connectivity index (χ4n) is 1.70. The molecule has 2 N–H and O–H groups in total. The zero-order valence-corrected chi connectivity index (χ0v) is 13.4. The fraction of sp³-hybridized carbons (Fsp3) is 0.150. The first-order chi connectivity index (χ1) is 10.4. The van der Waals surface area contributed by atoms with Crippen molar-refractivity contribution in [3.8, 4) is 6.07 Å². The van der Waals surface area contributed by atoms with Gasteiger partial charge in [-0.15, -0.1) is 0 Å². The van der Waals surface area contributed by atoms with Crippen LogP contribution in [-0.2, 0) is 0 Å². The van der Waals surface area contributed by atoms with Crippen LogP contribution in [0.4, 0.5) is 5.69 Å². The normalized spacial score (nSPS) is 10.2. The number of aryl methyl sites for hydroxylation is 2. The third kappa shape index (κ3) is 5.68. The lowest BCUT2D eigenvalue weighted by molar-refractivity contribution is 1.42. The lowest BCUT2D eigenvalue weighted by Gasteiger charge is -2.02. The van der Waals surface area contributed by atoms with Crippen molar-refractivity contribution in [2.75, 3.05) is 5.73 Å². The first-order valence-corrected chi connectivity index (χ1v) is 7.09. The second-order valence-corrected chi connectivity index (χ2v) is 5.22. The number of benzene rings is 2. The van der Waals surface area contributed by atoms with Crippen LogP contribution in [0.3, 0.4) is 0 Å². The maximum Gasteiger partial charge on any atom is 0.0994 e. The average molecular weight is 290 g/mol. The molecule has 2 heteroatoms. The molecule has 0 fully saturated rings. The number of anilines is 1. The molecule has 2 nitrogen and oxygen atoms in total. The van der Waals surface area contributed by atoms with Crippen molar-refractivity contribution in [1.29, 1.82) is 5.26 Å². The van der Waals surface area contributed by atoms with Gasteiger partial charge in [-0.05, 0) is 49.6 Å². The Morgan fingerprint density at radius 3 is 2.18 bits per heavy atom. The Balaban J connectivity index is 0.000000287. The standard InChI is InChI=1S/C13H14N2.C7H8/c1-9(2)12(8-14)6-11-5-4-10(3)13(15)7-11;1-7-5-3-2-4-6-7/h4-7H,1,15H2,2-3H3;2-6H,1H3/b12-6+;. The molecule has 0 aliphatic rings. The van der Waals surface area contributed by atoms with E-state index in [9.17, 15) is 0 Å². The summed E-state index contributed by atoms with van der Waals surface area (Å²) in [5.41, 5.74) is 11.2. The Hall–Kier alpha value is -2.79. The first-order valence-electron chi connectivity index (χ1n) is 7.09. The lowest BCUT2D eigenvalue weighted by Crippen LogP contribution is -1.90. The minimum atomic E-state index is 0.582. The Kier molecular flexibility index (Phi) is 6.66. The number of rotatable bonds is 2. The minimum absolute atomic E-state index is 0.582. The molecule has 22 heavy (non-hydrogen) atoms. The van der Waals surface area contributed by atoms with E-state index in [4.69, 9.17) is 11.0 Å². The van der Waals surface area contributed by atoms with Crippen molar-refractivity contribution in [1.82, 2.24) is 0 Å². The number of hydrogen-bond donors (Lipinski definition) is 1. The van der Waals surface area contributed by atoms with Crippen LogP contribution in [0.2, 0.25) is 0 Å². The molecule has 0 spiro atoms. The van der Waals surface area contributed by atoms with Gasteiger partial charge in [-0.25, -0.2) is 0 Å². The van der Waals surface area contributed by atoms with Gasteiger partial charge >= 0.3 is 0 Å². The number of nitrogen functional groups attached to an aromatic ring is 1. The highest BCUT2D eigenvalue weighted by Crippen LogP contribution is 2.17. The van der Waals surface area contributed by atoms with Crippen LogP contribution in [-0.4, -0.2) is 0 Å². The zero-order valence-electron chi connectivity index (χ0n) is 13.4. The molecule has 0 heterocycles. The molecule has 0 aromatic heterocycles. The number of hydrogen-bond acceptors (Lipinski definition) is 2. The van der Waals surface area contributed by atoms with Crippen LogP contribution < -0.4 is 5.73 Å². The van der Waals surface area contributed by atoms with Gasteiger partial charge in [0.15, 0.2) is 0 Å². The van der Waals surface area contributed by atoms with Crippen molar-refractivity contribution < 1.29 is 0 Å². The molecule has 112 valence electrons. The van der Waals surface area contributed by atoms with Crippen LogP contribution in [0, 0.1) is 25.2 Å². The number of allylic oxidation sites excluding steroid dienone is 2. The van der Waals surface area contributed by atoms with Crippen molar-refractivity contribution in [2.24, 2.45) is 0 Å². The van der Waals surface area contributed by atoms with Gasteiger partial charge in [-0.1, -0.05) is 54.6 Å². The SMILES string of the molecule is C=C(C)/C(C#N)=C/c1ccc(C)c(N)c1.Cc1ccccc1. The Bertz CT molecular complexity index is 704. The molecule has 0 aliphatic carbocycles. The van der Waals surface area contributed by atoms with E-state index in [1.54, 1.807) is 6.08 Å². The van der Waals surface area contributed by atoms with E-state index in [-0.39, 0.29) is 0 Å². The topological polar surface area (TPSA) is 49.8 Å². The van der Waals surface area contributed by atoms with Crippen LogP contribution in [0.15, 0.2) is 66.3 Å². The van der Waals surface area contributed by atoms with Crippen LogP contribution >= 0.6 is 0 Å². The summed E-state index contributed by atoms with van der Waals surface area (Å²) in [6, 6.07) is 18.1. The van der Waals surface area contributed by atoms with Gasteiger partial charge in [0.2, 0.25) is 0 Å². The molecule has 0 saturated heterocycles. The summed E-state index contributed by atoms with van der Waals surface area (Å²) in [7, 11) is 0. The van der Waals surface area contributed by atoms with Crippen LogP contribution in [0.25, 0.3) is 6.08 Å². The zero-order chi connectivity index (χ0) is 16.5. The Morgan fingerprint density at radius 1 is 1.14 bits per heavy atom. The highest BCUT2D eigenvalue weighted by atomic mass is 14.5. The molecule has 0 atom stereocenters. The monoisotopic (exact) mass is 290 g/mol. The van der Waals surface area contributed by atoms with Gasteiger partial charge in [0.05, 0.1) is 11.6 Å². The van der Waals surface area contributed by atoms with Crippen molar-refractivity contribution in [2.45, 2.75) is 20.8 Å². The average Bonchev–Trinajstić information content (AvgIpc) is 2.49. The molecule has 2 aromatic carbocycles. The smallest absolute Gasteiger partial charge is 0.0994 e. The minimum Gasteiger partial charge on any atom is -0.398 e. The van der Waals surface area contributed by atoms with Crippen molar-refractivity contribution >= 4 is 11.8 Å². The molecule has 0 bridgehead atoms. The Labute approximate surface area is 133 Å². The quantitative estimate of drug-likeness (QED) is 0.477. The summed E-state index contributed by atoms with van der Waals surface area (Å²) in [5, 5.41) is 8.87. The van der Waals surface area contributed by atoms with Crippen LogP contribution in [0.5, 0.6) is 0 Å². The fourth-order valence-corrected chi connectivity index (χ4v) is 1.70. The molecule has 2 aromatic rings. The van der Waals surface area contributed by atoms with E-state index >= 15 is 0 Å². The van der Waals surface area contributed by atoms with Gasteiger partial charge in [-0.3, -0.25) is 0 Å². The van der Waals surface area contributed by atoms with E-state index in [0.29, 0.717) is 5.57 Å². The maximum atomic E-state index is 8.87. The second-order valence-electron chi connectivity index (χ2n) is 5.22. The summed E-state index contributed by atoms with van der Waals surface area (Å²) in [6.07, 6.45) is 1.79. The summed E-state index contributed by atoms with van der Waals surface area (Å²) in [4.78, 5) is 0. The van der Waals surface area contributed by atoms with E-state index in [0.717, 1.165) is 22.4 Å². The Morgan fingerprint density at radius 2 is 1.77 bits per heavy atom. The molecule has 0 amide bonds. The van der Waals surface area contributed by atoms with E-state index in [2.05, 4.69) is 31.7 Å². The lowest BCUT2D eigenvalue weighted by atomic mass is 10.0. The summed E-state index contributed by atoms with van der Waals surface area (Å²) >= 11 is 0. The van der Waals surface area contributed by atoms with Gasteiger partial charge in [0.25, 0.3) is 0 Å². The predicted molar refractivity (Wildman–Crippen MR) is 95.2 cm³/mol. The van der Waals surface area contributed by atoms with Gasteiger partial charge < -0.3 is 5.73 Å². The number of nitrogens with zero attached hydrogens (tertiary/aromatic N) is 1.